The Balaban J connectivity index is 2.08. The lowest BCUT2D eigenvalue weighted by atomic mass is 10.3. The number of thioether (sulfide) groups is 1. The van der Waals surface area contributed by atoms with Gasteiger partial charge in [0.1, 0.15) is 12.2 Å². The Morgan fingerprint density at radius 2 is 2.31 bits per heavy atom. The van der Waals surface area contributed by atoms with Gasteiger partial charge in [0, 0.05) is 17.6 Å². The number of rotatable bonds is 3. The fourth-order valence-electron chi connectivity index (χ4n) is 1.23. The van der Waals surface area contributed by atoms with Crippen molar-refractivity contribution in [2.75, 3.05) is 5.73 Å². The predicted octanol–water partition coefficient (Wildman–Crippen LogP) is 2.34. The van der Waals surface area contributed by atoms with E-state index in [2.05, 4.69) is 10.1 Å². The fraction of sp³-hybridized carbons (Fsp3) is 0.200. The maximum Gasteiger partial charge on any atom is 0.138 e. The highest BCUT2D eigenvalue weighted by Crippen LogP contribution is 2.30. The molecular formula is C10H11ClN4S. The van der Waals surface area contributed by atoms with Gasteiger partial charge in [0.2, 0.25) is 0 Å². The summed E-state index contributed by atoms with van der Waals surface area (Å²) >= 11 is 7.68. The van der Waals surface area contributed by atoms with E-state index in [-0.39, 0.29) is 0 Å². The molecule has 0 aliphatic rings. The van der Waals surface area contributed by atoms with Crippen molar-refractivity contribution in [3.05, 3.63) is 35.4 Å². The van der Waals surface area contributed by atoms with Gasteiger partial charge in [-0.15, -0.1) is 11.8 Å². The van der Waals surface area contributed by atoms with E-state index in [4.69, 9.17) is 17.3 Å². The lowest BCUT2D eigenvalue weighted by molar-refractivity contribution is 0.730. The highest BCUT2D eigenvalue weighted by atomic mass is 35.5. The van der Waals surface area contributed by atoms with Crippen molar-refractivity contribution in [2.45, 2.75) is 10.6 Å². The molecule has 0 spiro atoms. The van der Waals surface area contributed by atoms with Crippen molar-refractivity contribution >= 4 is 29.1 Å². The van der Waals surface area contributed by atoms with Gasteiger partial charge in [0.25, 0.3) is 0 Å². The summed E-state index contributed by atoms with van der Waals surface area (Å²) in [4.78, 5) is 5.14. The van der Waals surface area contributed by atoms with Crippen LogP contribution in [0.25, 0.3) is 0 Å². The molecule has 4 nitrogen and oxygen atoms in total. The number of nitrogens with zero attached hydrogens (tertiary/aromatic N) is 3. The quantitative estimate of drug-likeness (QED) is 0.675. The van der Waals surface area contributed by atoms with Gasteiger partial charge in [-0.05, 0) is 18.2 Å². The summed E-state index contributed by atoms with van der Waals surface area (Å²) < 4.78 is 1.75. The van der Waals surface area contributed by atoms with Gasteiger partial charge in [0.05, 0.1) is 10.8 Å². The zero-order chi connectivity index (χ0) is 11.5. The predicted molar refractivity (Wildman–Crippen MR) is 66.4 cm³/mol. The minimum atomic E-state index is 0.673. The number of aromatic nitrogens is 3. The largest absolute Gasteiger partial charge is 0.399 e. The van der Waals surface area contributed by atoms with Crippen LogP contribution in [0.1, 0.15) is 5.82 Å². The first-order chi connectivity index (χ1) is 7.66. The van der Waals surface area contributed by atoms with Crippen LogP contribution < -0.4 is 5.73 Å². The molecular weight excluding hydrogens is 244 g/mol. The zero-order valence-corrected chi connectivity index (χ0v) is 10.3. The van der Waals surface area contributed by atoms with E-state index < -0.39 is 0 Å². The zero-order valence-electron chi connectivity index (χ0n) is 8.72. The van der Waals surface area contributed by atoms with E-state index in [1.54, 1.807) is 28.8 Å². The van der Waals surface area contributed by atoms with Crippen LogP contribution in [-0.4, -0.2) is 14.8 Å². The van der Waals surface area contributed by atoms with Crippen LogP contribution >= 0.6 is 23.4 Å². The molecule has 1 heterocycles. The van der Waals surface area contributed by atoms with E-state index >= 15 is 0 Å². The fourth-order valence-corrected chi connectivity index (χ4v) is 2.49. The SMILES string of the molecule is Cn1ncnc1CSc1ccc(N)cc1Cl. The molecule has 0 atom stereocenters. The molecule has 2 aromatic rings. The average molecular weight is 255 g/mol. The Morgan fingerprint density at radius 1 is 1.50 bits per heavy atom. The van der Waals surface area contributed by atoms with Gasteiger partial charge in [-0.2, -0.15) is 5.10 Å². The Labute approximate surface area is 103 Å². The number of hydrogen-bond donors (Lipinski definition) is 1. The Kier molecular flexibility index (Phi) is 3.36. The van der Waals surface area contributed by atoms with Gasteiger partial charge >= 0.3 is 0 Å². The summed E-state index contributed by atoms with van der Waals surface area (Å²) in [6, 6.07) is 5.50. The van der Waals surface area contributed by atoms with Crippen LogP contribution in [0.3, 0.4) is 0 Å². The summed E-state index contributed by atoms with van der Waals surface area (Å²) in [6.07, 6.45) is 1.54. The smallest absolute Gasteiger partial charge is 0.138 e. The highest BCUT2D eigenvalue weighted by molar-refractivity contribution is 7.98. The van der Waals surface area contributed by atoms with Gasteiger partial charge in [-0.25, -0.2) is 4.98 Å². The number of benzene rings is 1. The third kappa shape index (κ3) is 2.48. The van der Waals surface area contributed by atoms with Gasteiger partial charge in [0.15, 0.2) is 0 Å². The topological polar surface area (TPSA) is 56.7 Å². The molecule has 0 unspecified atom stereocenters. The third-order valence-corrected chi connectivity index (χ3v) is 3.61. The van der Waals surface area contributed by atoms with Crippen LogP contribution in [0.15, 0.2) is 29.4 Å². The van der Waals surface area contributed by atoms with E-state index in [0.717, 1.165) is 16.5 Å². The Morgan fingerprint density at radius 3 is 2.94 bits per heavy atom. The Hall–Kier alpha value is -1.20. The Bertz CT molecular complexity index is 497. The molecule has 0 aliphatic carbocycles. The number of hydrogen-bond acceptors (Lipinski definition) is 4. The molecule has 16 heavy (non-hydrogen) atoms. The summed E-state index contributed by atoms with van der Waals surface area (Å²) in [7, 11) is 1.87. The molecule has 0 radical (unpaired) electrons. The summed E-state index contributed by atoms with van der Waals surface area (Å²) in [5.74, 6) is 1.65. The van der Waals surface area contributed by atoms with Crippen LogP contribution in [0.4, 0.5) is 5.69 Å². The van der Waals surface area contributed by atoms with E-state index in [9.17, 15) is 0 Å². The van der Waals surface area contributed by atoms with Crippen molar-refractivity contribution in [3.8, 4) is 0 Å². The summed E-state index contributed by atoms with van der Waals surface area (Å²) in [6.45, 7) is 0. The number of aryl methyl sites for hydroxylation is 1. The van der Waals surface area contributed by atoms with Crippen LogP contribution in [-0.2, 0) is 12.8 Å². The number of anilines is 1. The minimum Gasteiger partial charge on any atom is -0.399 e. The molecule has 0 fully saturated rings. The first kappa shape index (κ1) is 11.3. The van der Waals surface area contributed by atoms with Crippen molar-refractivity contribution < 1.29 is 0 Å². The first-order valence-corrected chi connectivity index (χ1v) is 6.04. The second-order valence-corrected chi connectivity index (χ2v) is 4.70. The maximum atomic E-state index is 6.07. The number of halogens is 1. The lowest BCUT2D eigenvalue weighted by Gasteiger charge is -2.04. The molecule has 0 amide bonds. The third-order valence-electron chi connectivity index (χ3n) is 2.12. The van der Waals surface area contributed by atoms with Crippen LogP contribution in [0, 0.1) is 0 Å². The van der Waals surface area contributed by atoms with E-state index in [1.165, 1.54) is 0 Å². The first-order valence-electron chi connectivity index (χ1n) is 4.67. The standard InChI is InChI=1S/C10H11ClN4S/c1-15-10(13-6-14-15)5-16-9-3-2-7(12)4-8(9)11/h2-4,6H,5,12H2,1H3. The van der Waals surface area contributed by atoms with Crippen LogP contribution in [0.5, 0.6) is 0 Å². The van der Waals surface area contributed by atoms with E-state index in [0.29, 0.717) is 10.7 Å². The molecule has 2 N–H and O–H groups in total. The van der Waals surface area contributed by atoms with E-state index in [1.807, 2.05) is 19.2 Å². The van der Waals surface area contributed by atoms with Gasteiger partial charge in [-0.3, -0.25) is 4.68 Å². The molecule has 84 valence electrons. The average Bonchev–Trinajstić information content (AvgIpc) is 2.63. The molecule has 0 saturated heterocycles. The number of nitrogen functional groups attached to an aromatic ring is 1. The maximum absolute atomic E-state index is 6.07. The molecule has 6 heteroatoms. The molecule has 0 saturated carbocycles. The highest BCUT2D eigenvalue weighted by Gasteiger charge is 2.05. The molecule has 2 rings (SSSR count). The summed E-state index contributed by atoms with van der Waals surface area (Å²) in [5.41, 5.74) is 6.30. The van der Waals surface area contributed by atoms with Crippen molar-refractivity contribution in [2.24, 2.45) is 7.05 Å². The van der Waals surface area contributed by atoms with Crippen molar-refractivity contribution in [1.82, 2.24) is 14.8 Å². The summed E-state index contributed by atoms with van der Waals surface area (Å²) in [5, 5.41) is 4.68. The molecule has 1 aromatic heterocycles. The van der Waals surface area contributed by atoms with Gasteiger partial charge in [-0.1, -0.05) is 11.6 Å². The minimum absolute atomic E-state index is 0.673. The normalized spacial score (nSPS) is 10.6. The van der Waals surface area contributed by atoms with Crippen LogP contribution in [0.2, 0.25) is 5.02 Å². The molecule has 0 aliphatic heterocycles. The second-order valence-electron chi connectivity index (χ2n) is 3.28. The lowest BCUT2D eigenvalue weighted by Crippen LogP contribution is -1.97. The van der Waals surface area contributed by atoms with Crippen molar-refractivity contribution in [3.63, 3.8) is 0 Å². The number of nitrogens with two attached hydrogens (primary N) is 1. The molecule has 1 aromatic carbocycles. The second kappa shape index (κ2) is 4.76. The molecule has 0 bridgehead atoms. The van der Waals surface area contributed by atoms with Gasteiger partial charge < -0.3 is 5.73 Å². The monoisotopic (exact) mass is 254 g/mol. The van der Waals surface area contributed by atoms with Crippen molar-refractivity contribution in [1.29, 1.82) is 0 Å².